The highest BCUT2D eigenvalue weighted by molar-refractivity contribution is 5.83. The first-order chi connectivity index (χ1) is 15.8. The Hall–Kier alpha value is -3.40. The fourth-order valence-corrected chi connectivity index (χ4v) is 3.53. The molecule has 2 aliphatic heterocycles. The number of amides is 1. The van der Waals surface area contributed by atoms with Crippen molar-refractivity contribution in [1.29, 1.82) is 0 Å². The van der Waals surface area contributed by atoms with Crippen LogP contribution in [0.25, 0.3) is 0 Å². The van der Waals surface area contributed by atoms with Crippen LogP contribution >= 0.6 is 0 Å². The minimum Gasteiger partial charge on any atom is -0.463 e. The van der Waals surface area contributed by atoms with Gasteiger partial charge < -0.3 is 23.7 Å². The third-order valence-corrected chi connectivity index (χ3v) is 5.14. The van der Waals surface area contributed by atoms with Crippen molar-refractivity contribution >= 4 is 24.0 Å². The van der Waals surface area contributed by atoms with Crippen molar-refractivity contribution < 1.29 is 42.9 Å². The molecule has 0 unspecified atom stereocenters. The Bertz CT molecular complexity index is 885. The second-order valence-corrected chi connectivity index (χ2v) is 7.67. The lowest BCUT2D eigenvalue weighted by Gasteiger charge is -2.32. The normalized spacial score (nSPS) is 24.2. The monoisotopic (exact) mass is 461 g/mol. The van der Waals surface area contributed by atoms with E-state index in [0.29, 0.717) is 6.42 Å². The summed E-state index contributed by atoms with van der Waals surface area (Å²) in [6.45, 7) is 2.37. The Balaban J connectivity index is 1.56. The van der Waals surface area contributed by atoms with Crippen LogP contribution in [-0.2, 0) is 44.7 Å². The third kappa shape index (κ3) is 7.04. The number of cyclic esters (lactones) is 1. The van der Waals surface area contributed by atoms with E-state index >= 15 is 0 Å². The summed E-state index contributed by atoms with van der Waals surface area (Å²) in [4.78, 5) is 48.5. The van der Waals surface area contributed by atoms with E-state index in [1.54, 1.807) is 12.2 Å². The molecule has 1 aromatic rings. The van der Waals surface area contributed by atoms with E-state index in [0.717, 1.165) is 5.56 Å². The minimum atomic E-state index is -0.802. The van der Waals surface area contributed by atoms with Crippen LogP contribution in [-0.4, -0.2) is 66.6 Å². The maximum Gasteiger partial charge on any atom is 0.413 e. The van der Waals surface area contributed by atoms with Crippen molar-refractivity contribution in [3.8, 4) is 0 Å². The van der Waals surface area contributed by atoms with Crippen LogP contribution in [0.1, 0.15) is 32.3 Å². The molecule has 10 nitrogen and oxygen atoms in total. The molecular formula is C23H27NO9. The van der Waals surface area contributed by atoms with Gasteiger partial charge in [0.25, 0.3) is 0 Å². The zero-order valence-electron chi connectivity index (χ0n) is 18.5. The van der Waals surface area contributed by atoms with E-state index in [4.69, 9.17) is 23.7 Å². The highest BCUT2D eigenvalue weighted by atomic mass is 16.6. The average molecular weight is 461 g/mol. The summed E-state index contributed by atoms with van der Waals surface area (Å²) in [7, 11) is 0. The van der Waals surface area contributed by atoms with Gasteiger partial charge in [-0.05, 0) is 24.5 Å². The molecule has 0 bridgehead atoms. The fraction of sp³-hybridized carbons (Fsp3) is 0.478. The maximum absolute atomic E-state index is 12.5. The van der Waals surface area contributed by atoms with Crippen LogP contribution in [0.5, 0.6) is 0 Å². The Labute approximate surface area is 191 Å². The molecule has 0 N–H and O–H groups in total. The molecular weight excluding hydrogens is 434 g/mol. The van der Waals surface area contributed by atoms with Gasteiger partial charge in [-0.15, -0.1) is 0 Å². The predicted octanol–water partition coefficient (Wildman–Crippen LogP) is 2.11. The maximum atomic E-state index is 12.5. The van der Waals surface area contributed by atoms with E-state index in [1.807, 2.05) is 30.3 Å². The van der Waals surface area contributed by atoms with Crippen molar-refractivity contribution in [2.45, 2.75) is 57.6 Å². The van der Waals surface area contributed by atoms with Gasteiger partial charge in [0.2, 0.25) is 0 Å². The molecule has 4 atom stereocenters. The van der Waals surface area contributed by atoms with Gasteiger partial charge in [-0.2, -0.15) is 0 Å². The zero-order valence-corrected chi connectivity index (χ0v) is 18.5. The van der Waals surface area contributed by atoms with Gasteiger partial charge >= 0.3 is 24.0 Å². The van der Waals surface area contributed by atoms with Crippen LogP contribution in [0.4, 0.5) is 4.79 Å². The number of hydrogen-bond donors (Lipinski definition) is 0. The molecule has 0 spiro atoms. The molecule has 0 radical (unpaired) electrons. The number of benzene rings is 1. The number of carbonyl (C=O) groups is 4. The molecule has 3 rings (SSSR count). The molecule has 0 saturated carbocycles. The van der Waals surface area contributed by atoms with Crippen LogP contribution in [0.15, 0.2) is 42.5 Å². The van der Waals surface area contributed by atoms with Crippen LogP contribution in [0.3, 0.4) is 0 Å². The van der Waals surface area contributed by atoms with Gasteiger partial charge in [0, 0.05) is 13.8 Å². The van der Waals surface area contributed by atoms with Crippen LogP contribution in [0.2, 0.25) is 0 Å². The van der Waals surface area contributed by atoms with Gasteiger partial charge in [0.15, 0.2) is 6.73 Å². The van der Waals surface area contributed by atoms with Gasteiger partial charge in [0.05, 0.1) is 6.10 Å². The molecule has 0 aromatic heterocycles. The van der Waals surface area contributed by atoms with Crippen LogP contribution < -0.4 is 0 Å². The first-order valence-corrected chi connectivity index (χ1v) is 10.6. The fourth-order valence-electron chi connectivity index (χ4n) is 3.53. The Morgan fingerprint density at radius 1 is 1.03 bits per heavy atom. The molecule has 178 valence electrons. The number of esters is 3. The van der Waals surface area contributed by atoms with Crippen molar-refractivity contribution in [3.05, 3.63) is 48.0 Å². The van der Waals surface area contributed by atoms with Crippen molar-refractivity contribution in [3.63, 3.8) is 0 Å². The third-order valence-electron chi connectivity index (χ3n) is 5.14. The highest BCUT2D eigenvalue weighted by Gasteiger charge is 2.39. The van der Waals surface area contributed by atoms with Crippen molar-refractivity contribution in [2.75, 3.05) is 13.3 Å². The first kappa shape index (κ1) is 24.2. The van der Waals surface area contributed by atoms with Crippen molar-refractivity contribution in [2.24, 2.45) is 0 Å². The smallest absolute Gasteiger partial charge is 0.413 e. The second-order valence-electron chi connectivity index (χ2n) is 7.67. The first-order valence-electron chi connectivity index (χ1n) is 10.6. The topological polar surface area (TPSA) is 118 Å². The number of rotatable bonds is 8. The van der Waals surface area contributed by atoms with E-state index in [1.165, 1.54) is 18.7 Å². The minimum absolute atomic E-state index is 0.0842. The molecule has 0 aliphatic carbocycles. The molecule has 1 fully saturated rings. The summed E-state index contributed by atoms with van der Waals surface area (Å²) in [6.07, 6.45) is 1.58. The molecule has 1 amide bonds. The van der Waals surface area contributed by atoms with E-state index in [-0.39, 0.29) is 26.4 Å². The summed E-state index contributed by atoms with van der Waals surface area (Å²) >= 11 is 0. The van der Waals surface area contributed by atoms with Crippen LogP contribution in [0, 0.1) is 0 Å². The zero-order chi connectivity index (χ0) is 23.8. The molecule has 2 heterocycles. The van der Waals surface area contributed by atoms with Gasteiger partial charge in [-0.3, -0.25) is 14.5 Å². The van der Waals surface area contributed by atoms with E-state index < -0.39 is 48.4 Å². The van der Waals surface area contributed by atoms with Gasteiger partial charge in [-0.1, -0.05) is 36.4 Å². The standard InChI is InChI=1S/C23H27NO9/c1-15(25)29-13-21-20(32-16(2)26)11-9-18(33-21)8-10-19-22(27)31-14-24(19)23(28)30-12-17-6-4-3-5-7-17/h3-7,9,11,18-21H,8,10,12-14H2,1-2H3/t18-,19-,20-,21+/m0/s1. The summed E-state index contributed by atoms with van der Waals surface area (Å²) in [5.74, 6) is -1.48. The lowest BCUT2D eigenvalue weighted by Crippen LogP contribution is -2.42. The van der Waals surface area contributed by atoms with Gasteiger partial charge in [0.1, 0.15) is 31.5 Å². The predicted molar refractivity (Wildman–Crippen MR) is 112 cm³/mol. The summed E-state index contributed by atoms with van der Waals surface area (Å²) < 4.78 is 26.5. The van der Waals surface area contributed by atoms with Gasteiger partial charge in [-0.25, -0.2) is 9.59 Å². The lowest BCUT2D eigenvalue weighted by atomic mass is 10.0. The average Bonchev–Trinajstić information content (AvgIpc) is 3.16. The molecule has 2 aliphatic rings. The molecule has 33 heavy (non-hydrogen) atoms. The SMILES string of the molecule is CC(=O)OC[C@H]1O[C@@H](CC[C@H]2C(=O)OCN2C(=O)OCc2ccccc2)C=C[C@@H]1OC(C)=O. The molecule has 1 aromatic carbocycles. The lowest BCUT2D eigenvalue weighted by molar-refractivity contribution is -0.163. The second kappa shape index (κ2) is 11.5. The molecule has 10 heteroatoms. The summed E-state index contributed by atoms with van der Waals surface area (Å²) in [5, 5.41) is 0. The van der Waals surface area contributed by atoms with Crippen molar-refractivity contribution in [1.82, 2.24) is 4.90 Å². The quantitative estimate of drug-likeness (QED) is 0.326. The highest BCUT2D eigenvalue weighted by Crippen LogP contribution is 2.24. The Morgan fingerprint density at radius 3 is 2.48 bits per heavy atom. The Kier molecular flexibility index (Phi) is 8.42. The Morgan fingerprint density at radius 2 is 1.79 bits per heavy atom. The summed E-state index contributed by atoms with van der Waals surface area (Å²) in [6, 6.07) is 8.40. The number of nitrogens with zero attached hydrogens (tertiary/aromatic N) is 1. The van der Waals surface area contributed by atoms with E-state index in [2.05, 4.69) is 0 Å². The number of hydrogen-bond acceptors (Lipinski definition) is 9. The number of ether oxygens (including phenoxy) is 5. The summed E-state index contributed by atoms with van der Waals surface area (Å²) in [5.41, 5.74) is 0.829. The number of carbonyl (C=O) groups excluding carboxylic acids is 4. The van der Waals surface area contributed by atoms with E-state index in [9.17, 15) is 19.2 Å². The molecule has 1 saturated heterocycles. The largest absolute Gasteiger partial charge is 0.463 e.